The second-order valence-corrected chi connectivity index (χ2v) is 8.53. The Labute approximate surface area is 199 Å². The van der Waals surface area contributed by atoms with Crippen molar-refractivity contribution in [3.8, 4) is 17.1 Å². The van der Waals surface area contributed by atoms with Gasteiger partial charge in [0, 0.05) is 18.1 Å². The second-order valence-electron chi connectivity index (χ2n) is 8.53. The van der Waals surface area contributed by atoms with Crippen molar-refractivity contribution in [1.82, 2.24) is 20.2 Å². The van der Waals surface area contributed by atoms with E-state index in [0.29, 0.717) is 17.8 Å². The highest BCUT2D eigenvalue weighted by Crippen LogP contribution is 2.28. The molecule has 1 fully saturated rings. The standard InChI is InChI=1S/C28H28N4O2/c1-34-21-10-8-9-20(17-21)27(32-15-6-7-16-32)19-30-28(33)23-18-26(25-13-4-5-14-29-25)31-24-12-3-2-11-22(23)24/h2-5,8-14,17-18,27H,6-7,15-16,19H2,1H3,(H,30,33). The van der Waals surface area contributed by atoms with Crippen LogP contribution in [0.15, 0.2) is 79.0 Å². The average molecular weight is 453 g/mol. The van der Waals surface area contributed by atoms with Crippen LogP contribution in [0.3, 0.4) is 0 Å². The van der Waals surface area contributed by atoms with E-state index < -0.39 is 0 Å². The first-order chi connectivity index (χ1) is 16.7. The molecule has 1 aliphatic heterocycles. The van der Waals surface area contributed by atoms with Crippen LogP contribution in [0.4, 0.5) is 0 Å². The van der Waals surface area contributed by atoms with Gasteiger partial charge in [-0.1, -0.05) is 36.4 Å². The zero-order chi connectivity index (χ0) is 23.3. The molecule has 1 N–H and O–H groups in total. The second kappa shape index (κ2) is 10.0. The lowest BCUT2D eigenvalue weighted by Crippen LogP contribution is -2.37. The van der Waals surface area contributed by atoms with E-state index in [0.717, 1.165) is 41.0 Å². The molecule has 3 heterocycles. The molecule has 34 heavy (non-hydrogen) atoms. The van der Waals surface area contributed by atoms with E-state index in [9.17, 15) is 4.79 Å². The molecule has 1 atom stereocenters. The van der Waals surface area contributed by atoms with Crippen LogP contribution in [0.25, 0.3) is 22.3 Å². The van der Waals surface area contributed by atoms with Gasteiger partial charge in [-0.3, -0.25) is 14.7 Å². The fourth-order valence-corrected chi connectivity index (χ4v) is 4.65. The van der Waals surface area contributed by atoms with Gasteiger partial charge in [0.25, 0.3) is 5.91 Å². The number of hydrogen-bond donors (Lipinski definition) is 1. The lowest BCUT2D eigenvalue weighted by Gasteiger charge is -2.28. The molecule has 6 nitrogen and oxygen atoms in total. The first-order valence-corrected chi connectivity index (χ1v) is 11.7. The smallest absolute Gasteiger partial charge is 0.252 e. The van der Waals surface area contributed by atoms with Crippen LogP contribution in [0.5, 0.6) is 5.75 Å². The van der Waals surface area contributed by atoms with Crippen LogP contribution in [0, 0.1) is 0 Å². The predicted molar refractivity (Wildman–Crippen MR) is 134 cm³/mol. The monoisotopic (exact) mass is 452 g/mol. The first-order valence-electron chi connectivity index (χ1n) is 11.7. The predicted octanol–water partition coefficient (Wildman–Crippen LogP) is 4.87. The number of aromatic nitrogens is 2. The topological polar surface area (TPSA) is 67.3 Å². The minimum atomic E-state index is -0.108. The van der Waals surface area contributed by atoms with Gasteiger partial charge in [-0.25, -0.2) is 4.98 Å². The Morgan fingerprint density at radius 2 is 1.82 bits per heavy atom. The summed E-state index contributed by atoms with van der Waals surface area (Å²) in [5, 5.41) is 4.05. The molecule has 1 unspecified atom stereocenters. The Morgan fingerprint density at radius 3 is 2.62 bits per heavy atom. The molecule has 0 saturated carbocycles. The molecule has 2 aromatic carbocycles. The van der Waals surface area contributed by atoms with Crippen LogP contribution in [0.1, 0.15) is 34.8 Å². The maximum absolute atomic E-state index is 13.5. The zero-order valence-corrected chi connectivity index (χ0v) is 19.3. The molecule has 2 aromatic heterocycles. The summed E-state index contributed by atoms with van der Waals surface area (Å²) < 4.78 is 5.45. The molecule has 6 heteroatoms. The van der Waals surface area contributed by atoms with Gasteiger partial charge in [-0.05, 0) is 67.9 Å². The van der Waals surface area contributed by atoms with Gasteiger partial charge >= 0.3 is 0 Å². The number of amides is 1. The molecule has 5 rings (SSSR count). The number of para-hydroxylation sites is 1. The molecule has 172 valence electrons. The molecule has 1 amide bonds. The lowest BCUT2D eigenvalue weighted by atomic mass is 10.0. The number of carbonyl (C=O) groups is 1. The number of likely N-dealkylation sites (tertiary alicyclic amines) is 1. The third-order valence-corrected chi connectivity index (χ3v) is 6.40. The van der Waals surface area contributed by atoms with Crippen molar-refractivity contribution in [1.29, 1.82) is 0 Å². The van der Waals surface area contributed by atoms with Crippen LogP contribution in [-0.2, 0) is 0 Å². The van der Waals surface area contributed by atoms with E-state index in [1.807, 2.05) is 60.7 Å². The van der Waals surface area contributed by atoms with Gasteiger partial charge in [-0.2, -0.15) is 0 Å². The summed E-state index contributed by atoms with van der Waals surface area (Å²) in [5.74, 6) is 0.719. The number of hydrogen-bond acceptors (Lipinski definition) is 5. The number of nitrogens with zero attached hydrogens (tertiary/aromatic N) is 3. The Kier molecular flexibility index (Phi) is 6.49. The minimum Gasteiger partial charge on any atom is -0.497 e. The summed E-state index contributed by atoms with van der Waals surface area (Å²) in [6.07, 6.45) is 4.09. The number of rotatable bonds is 7. The highest BCUT2D eigenvalue weighted by Gasteiger charge is 2.25. The summed E-state index contributed by atoms with van der Waals surface area (Å²) in [7, 11) is 1.68. The van der Waals surface area contributed by atoms with E-state index in [1.54, 1.807) is 13.3 Å². The number of fused-ring (bicyclic) bond motifs is 1. The van der Waals surface area contributed by atoms with Crippen LogP contribution >= 0.6 is 0 Å². The lowest BCUT2D eigenvalue weighted by molar-refractivity contribution is 0.0939. The van der Waals surface area contributed by atoms with Crippen molar-refractivity contribution < 1.29 is 9.53 Å². The summed E-state index contributed by atoms with van der Waals surface area (Å²) in [6.45, 7) is 2.57. The van der Waals surface area contributed by atoms with Gasteiger partial charge in [-0.15, -0.1) is 0 Å². The normalized spacial score (nSPS) is 14.7. The number of methoxy groups -OCH3 is 1. The van der Waals surface area contributed by atoms with Crippen LogP contribution < -0.4 is 10.1 Å². The van der Waals surface area contributed by atoms with Crippen molar-refractivity contribution >= 4 is 16.8 Å². The van der Waals surface area contributed by atoms with Gasteiger partial charge in [0.05, 0.1) is 35.6 Å². The fraction of sp³-hybridized carbons (Fsp3) is 0.250. The van der Waals surface area contributed by atoms with E-state index in [4.69, 9.17) is 9.72 Å². The first kappa shape index (κ1) is 22.0. The maximum Gasteiger partial charge on any atom is 0.252 e. The quantitative estimate of drug-likeness (QED) is 0.433. The molecule has 0 radical (unpaired) electrons. The summed E-state index contributed by atoms with van der Waals surface area (Å²) >= 11 is 0. The Bertz CT molecular complexity index is 1290. The number of benzene rings is 2. The SMILES string of the molecule is COc1cccc(C(CNC(=O)c2cc(-c3ccccn3)nc3ccccc23)N2CCCC2)c1. The van der Waals surface area contributed by atoms with E-state index in [-0.39, 0.29) is 11.9 Å². The van der Waals surface area contributed by atoms with Crippen LogP contribution in [0.2, 0.25) is 0 Å². The fourth-order valence-electron chi connectivity index (χ4n) is 4.65. The van der Waals surface area contributed by atoms with Crippen molar-refractivity contribution in [2.24, 2.45) is 0 Å². The number of pyridine rings is 2. The molecule has 4 aromatic rings. The summed E-state index contributed by atoms with van der Waals surface area (Å²) in [5.41, 5.74) is 3.97. The van der Waals surface area contributed by atoms with Crippen molar-refractivity contribution in [2.75, 3.05) is 26.7 Å². The van der Waals surface area contributed by atoms with Gasteiger partial charge in [0.2, 0.25) is 0 Å². The number of nitrogens with one attached hydrogen (secondary N) is 1. The Hall–Kier alpha value is -3.77. The maximum atomic E-state index is 13.5. The average Bonchev–Trinajstić information content (AvgIpc) is 3.43. The van der Waals surface area contributed by atoms with Crippen molar-refractivity contribution in [2.45, 2.75) is 18.9 Å². The summed E-state index contributed by atoms with van der Waals surface area (Å²) in [6, 6.07) is 23.5. The van der Waals surface area contributed by atoms with Gasteiger partial charge in [0.15, 0.2) is 0 Å². The third kappa shape index (κ3) is 4.63. The Balaban J connectivity index is 1.45. The van der Waals surface area contributed by atoms with Crippen LogP contribution in [-0.4, -0.2) is 47.5 Å². The third-order valence-electron chi connectivity index (χ3n) is 6.40. The van der Waals surface area contributed by atoms with E-state index >= 15 is 0 Å². The van der Waals surface area contributed by atoms with Crippen molar-refractivity contribution in [3.63, 3.8) is 0 Å². The highest BCUT2D eigenvalue weighted by molar-refractivity contribution is 6.07. The van der Waals surface area contributed by atoms with Gasteiger partial charge in [0.1, 0.15) is 5.75 Å². The molecule has 1 aliphatic rings. The van der Waals surface area contributed by atoms with Crippen molar-refractivity contribution in [3.05, 3.63) is 90.1 Å². The molecule has 0 bridgehead atoms. The number of ether oxygens (including phenoxy) is 1. The largest absolute Gasteiger partial charge is 0.497 e. The zero-order valence-electron chi connectivity index (χ0n) is 19.3. The molecular formula is C28H28N4O2. The van der Waals surface area contributed by atoms with Gasteiger partial charge < -0.3 is 10.1 Å². The van der Waals surface area contributed by atoms with E-state index in [1.165, 1.54) is 12.8 Å². The highest BCUT2D eigenvalue weighted by atomic mass is 16.5. The Morgan fingerprint density at radius 1 is 1.00 bits per heavy atom. The minimum absolute atomic E-state index is 0.0879. The molecule has 1 saturated heterocycles. The summed E-state index contributed by atoms with van der Waals surface area (Å²) in [4.78, 5) is 25.1. The van der Waals surface area contributed by atoms with E-state index in [2.05, 4.69) is 27.3 Å². The molecular weight excluding hydrogens is 424 g/mol. The molecule has 0 spiro atoms. The molecule has 0 aliphatic carbocycles. The number of carbonyl (C=O) groups excluding carboxylic acids is 1.